The second-order valence-electron chi connectivity index (χ2n) is 43.7. The first-order valence-corrected chi connectivity index (χ1v) is 48.8. The molecule has 0 aromatic heterocycles. The van der Waals surface area contributed by atoms with Gasteiger partial charge < -0.3 is 53.2 Å². The number of ketones is 8. The Morgan fingerprint density at radius 2 is 0.817 bits per heavy atom. The van der Waals surface area contributed by atoms with Gasteiger partial charge in [0.2, 0.25) is 23.1 Å². The van der Waals surface area contributed by atoms with Crippen LogP contribution in [0.2, 0.25) is 0 Å². The van der Waals surface area contributed by atoms with Gasteiger partial charge in [-0.3, -0.25) is 62.3 Å². The van der Waals surface area contributed by atoms with Crippen molar-refractivity contribution < 1.29 is 116 Å². The number of rotatable bonds is 19. The average Bonchev–Trinajstić information content (AvgIpc) is 1.57. The Balaban J connectivity index is 0.000000149. The van der Waals surface area contributed by atoms with Crippen molar-refractivity contribution in [1.29, 1.82) is 0 Å². The molecule has 720 valence electrons. The number of carbonyl (C=O) groups is 13. The minimum atomic E-state index is -1.38. The lowest BCUT2D eigenvalue weighted by atomic mass is 9.43. The predicted octanol–water partition coefficient (Wildman–Crippen LogP) is 15.2. The third-order valence-electron chi connectivity index (χ3n) is 37.8. The molecule has 131 heavy (non-hydrogen) atoms. The summed E-state index contributed by atoms with van der Waals surface area (Å²) in [5.74, 6) is -1.87. The summed E-state index contributed by atoms with van der Waals surface area (Å²) in [5.41, 5.74) is -5.07. The van der Waals surface area contributed by atoms with E-state index < -0.39 is 113 Å². The Bertz CT molecular complexity index is 4930. The molecule has 0 aromatic carbocycles. The Labute approximate surface area is 782 Å². The first-order chi connectivity index (χ1) is 61.2. The van der Waals surface area contributed by atoms with Crippen molar-refractivity contribution in [3.05, 3.63) is 95.2 Å². The highest BCUT2D eigenvalue weighted by Crippen LogP contribution is 2.77. The van der Waals surface area contributed by atoms with Crippen molar-refractivity contribution in [2.75, 3.05) is 47.8 Å². The standard InChI is InChI=1S/C28H38O6.2C26H35ClO6.C25H34O6/c1-7-24(32)34-28(23(31)15-33-18(4)29)11-9-21-20-12-16(2)22-13-19(30)8-10-26(22,5)25(20)17(3)14-27(21,28)6;1-6-22(31)33-14-21(30)26(32-5)15(2)11-19-18-8-7-16-12-17(28)9-10-23(16,3)25(18,27)20(29)13-24(19,26)4;1-6-22(31)33-26(21(30)14-32-5)15(2)11-19-18-8-7-16-12-17(28)9-10-23(16,3)25(18,27)20(29)13-24(19,26)4;1-14-10-17-18-7-9-25(30-5,21(29)13-31-15(2)26)24(18,4)12-20(28)22(17)23(3)8-6-16(27)11-19(14)23/h8,10,13,16-17,20-21,25H,7,9,11-12,14-15H2,1-6H3;2*9-10,12,15,18-20,29H,6-8,11,13-14H2,1-5H3;6,8,11,14,17-18,20,22,28H,7,9-10,12-13H2,1-5H3/t16-,17-,20-,21-,25-,26-,27-,28-;2*15-,18-,19-,20-,23-,24-,25-,26-;14-,17-,18-,20-,22+,23-,24-,25-/m0000/s1. The number of ether oxygens (including phenoxy) is 8. The number of alkyl halides is 2. The number of hydrogen-bond donors (Lipinski definition) is 3. The van der Waals surface area contributed by atoms with Crippen molar-refractivity contribution in [2.45, 2.75) is 297 Å². The molecule has 0 unspecified atom stereocenters. The number of aliphatic hydroxyl groups excluding tert-OH is 3. The fourth-order valence-electron chi connectivity index (χ4n) is 32.4. The summed E-state index contributed by atoms with van der Waals surface area (Å²) < 4.78 is 44.7. The van der Waals surface area contributed by atoms with Crippen molar-refractivity contribution in [3.8, 4) is 0 Å². The van der Waals surface area contributed by atoms with Gasteiger partial charge >= 0.3 is 29.8 Å². The van der Waals surface area contributed by atoms with Gasteiger partial charge in [-0.05, 0) is 228 Å². The average molecular weight is 1860 g/mol. The molecule has 16 rings (SSSR count). The number of aliphatic hydroxyl groups is 3. The molecule has 12 fully saturated rings. The van der Waals surface area contributed by atoms with Gasteiger partial charge in [0.1, 0.15) is 17.8 Å². The van der Waals surface area contributed by atoms with Crippen LogP contribution in [0.5, 0.6) is 0 Å². The SMILES string of the molecule is CCC(=O)OCC(=O)[C@@]1(OC)[C@@H](C)C[C@H]2[C@@H]3CCC4=CC(=O)C=C[C@]4(C)[C@@]3(Cl)[C@@H](O)C[C@@]21C.CCC(=O)O[C@]1(C(=O)COC(C)=O)CC[C@H]2[C@@H]3C[C@H](C)C4=CC(=O)C=C[C@]4(C)[C@H]3[C@@H](C)C[C@@]21C.CCC(=O)O[C@]1(C(=O)COC)[C@@H](C)C[C@H]2[C@@H]3CCC4=CC(=O)C=C[C@]4(C)[C@@]3(Cl)[C@@H](O)C[C@@]21C.CO[C@]1(C(=O)COC(C)=O)CC[C@H]2[C@@H]3C[C@H](C)C4=CC(=O)C=C[C@]4(C)[C@H]3[C@@H](O)C[C@@]21C. The van der Waals surface area contributed by atoms with E-state index in [9.17, 15) is 77.6 Å². The molecule has 16 aliphatic carbocycles. The van der Waals surface area contributed by atoms with Gasteiger partial charge in [0.15, 0.2) is 54.2 Å². The van der Waals surface area contributed by atoms with Gasteiger partial charge in [0.25, 0.3) is 0 Å². The molecule has 32 atom stereocenters. The van der Waals surface area contributed by atoms with Gasteiger partial charge in [0.05, 0.1) is 28.1 Å². The van der Waals surface area contributed by atoms with Crippen molar-refractivity contribution in [1.82, 2.24) is 0 Å². The van der Waals surface area contributed by atoms with Gasteiger partial charge in [0, 0.05) is 110 Å². The maximum absolute atomic E-state index is 13.6. The van der Waals surface area contributed by atoms with E-state index in [4.69, 9.17) is 61.1 Å². The Morgan fingerprint density at radius 1 is 0.420 bits per heavy atom. The molecular weight excluding hydrogens is 1720 g/mol. The maximum atomic E-state index is 13.6. The van der Waals surface area contributed by atoms with E-state index in [1.165, 1.54) is 33.6 Å². The number of fused-ring (bicyclic) bond motifs is 20. The van der Waals surface area contributed by atoms with E-state index in [1.54, 1.807) is 70.4 Å². The van der Waals surface area contributed by atoms with Crippen LogP contribution in [-0.2, 0) is 100 Å². The summed E-state index contributed by atoms with van der Waals surface area (Å²) >= 11 is 14.9. The first-order valence-electron chi connectivity index (χ1n) is 48.0. The molecule has 12 saturated carbocycles. The van der Waals surface area contributed by atoms with E-state index in [2.05, 4.69) is 54.5 Å². The second kappa shape index (κ2) is 36.1. The number of methoxy groups -OCH3 is 3. The van der Waals surface area contributed by atoms with Crippen molar-refractivity contribution in [2.24, 2.45) is 132 Å². The minimum absolute atomic E-state index is 0.00592. The molecule has 0 aliphatic heterocycles. The highest BCUT2D eigenvalue weighted by Gasteiger charge is 2.80. The molecule has 16 aliphatic rings. The third kappa shape index (κ3) is 15.1. The quantitative estimate of drug-likeness (QED) is 0.0614. The molecule has 0 heterocycles. The van der Waals surface area contributed by atoms with Crippen LogP contribution in [0.4, 0.5) is 0 Å². The Kier molecular flexibility index (Phi) is 28.0. The second-order valence-corrected chi connectivity index (χ2v) is 44.9. The van der Waals surface area contributed by atoms with Crippen LogP contribution in [0.3, 0.4) is 0 Å². The molecule has 3 N–H and O–H groups in total. The monoisotopic (exact) mass is 1860 g/mol. The largest absolute Gasteiger partial charge is 0.458 e. The first kappa shape index (κ1) is 101. The number of hydrogen-bond acceptors (Lipinski definition) is 24. The molecule has 0 spiro atoms. The molecule has 0 radical (unpaired) electrons. The molecule has 26 heteroatoms. The van der Waals surface area contributed by atoms with Crippen LogP contribution in [0.1, 0.15) is 247 Å². The van der Waals surface area contributed by atoms with E-state index >= 15 is 0 Å². The molecule has 0 bridgehead atoms. The van der Waals surface area contributed by atoms with Crippen LogP contribution in [0.25, 0.3) is 0 Å². The number of halogens is 2. The predicted molar refractivity (Wildman–Crippen MR) is 488 cm³/mol. The van der Waals surface area contributed by atoms with E-state index in [0.717, 1.165) is 68.1 Å². The highest BCUT2D eigenvalue weighted by molar-refractivity contribution is 6.27. The Hall–Kier alpha value is -7.03. The van der Waals surface area contributed by atoms with Crippen LogP contribution >= 0.6 is 23.2 Å². The minimum Gasteiger partial charge on any atom is -0.458 e. The summed E-state index contributed by atoms with van der Waals surface area (Å²) in [6.45, 7) is 33.7. The normalized spacial score (nSPS) is 45.2. The number of carbonyl (C=O) groups excluding carboxylic acids is 13. The highest BCUT2D eigenvalue weighted by atomic mass is 35.5. The topological polar surface area (TPSA) is 356 Å². The molecule has 0 saturated heterocycles. The smallest absolute Gasteiger partial charge is 0.306 e. The zero-order valence-electron chi connectivity index (χ0n) is 80.8. The van der Waals surface area contributed by atoms with E-state index in [0.29, 0.717) is 50.4 Å². The van der Waals surface area contributed by atoms with Gasteiger partial charge in [-0.1, -0.05) is 157 Å². The number of allylic oxidation sites excluding steroid dienone is 16. The summed E-state index contributed by atoms with van der Waals surface area (Å²) in [6, 6.07) is 0. The van der Waals surface area contributed by atoms with Crippen molar-refractivity contribution in [3.63, 3.8) is 0 Å². The lowest BCUT2D eigenvalue weighted by molar-refractivity contribution is -0.203. The van der Waals surface area contributed by atoms with Gasteiger partial charge in [-0.15, -0.1) is 23.2 Å². The third-order valence-corrected chi connectivity index (χ3v) is 39.7. The van der Waals surface area contributed by atoms with Crippen LogP contribution < -0.4 is 0 Å². The maximum Gasteiger partial charge on any atom is 0.306 e. The molecule has 0 amide bonds. The van der Waals surface area contributed by atoms with Crippen LogP contribution in [-0.4, -0.2) is 190 Å². The van der Waals surface area contributed by atoms with Gasteiger partial charge in [-0.2, -0.15) is 0 Å². The molecule has 24 nitrogen and oxygen atoms in total. The summed E-state index contributed by atoms with van der Waals surface area (Å²) in [7, 11) is 4.55. The number of Topliss-reactive ketones (excluding diaryl/α,β-unsaturated/α-hetero) is 4. The summed E-state index contributed by atoms with van der Waals surface area (Å²) in [5, 5.41) is 34.9. The van der Waals surface area contributed by atoms with Crippen molar-refractivity contribution >= 4 is 99.3 Å². The molecule has 0 aromatic rings. The van der Waals surface area contributed by atoms with Gasteiger partial charge in [-0.25, -0.2) is 0 Å². The summed E-state index contributed by atoms with van der Waals surface area (Å²) in [6.07, 6.45) is 29.6. The van der Waals surface area contributed by atoms with E-state index in [1.807, 2.05) is 65.8 Å². The lowest BCUT2D eigenvalue weighted by Gasteiger charge is -2.64. The number of esters is 5. The summed E-state index contributed by atoms with van der Waals surface area (Å²) in [4.78, 5) is 160. The Morgan fingerprint density at radius 3 is 1.27 bits per heavy atom. The fourth-order valence-corrected chi connectivity index (χ4v) is 33.4. The molecular formula is C105H142Cl2O24. The fraction of sp³-hybridized carbons (Fsp3) is 0.724. The van der Waals surface area contributed by atoms with Crippen LogP contribution in [0.15, 0.2) is 95.2 Å². The zero-order chi connectivity index (χ0) is 96.6. The zero-order valence-corrected chi connectivity index (χ0v) is 82.3. The lowest BCUT2D eigenvalue weighted by Crippen LogP contribution is -2.69. The van der Waals surface area contributed by atoms with Crippen LogP contribution in [0, 0.1) is 132 Å². The van der Waals surface area contributed by atoms with E-state index in [-0.39, 0.29) is 193 Å².